The van der Waals surface area contributed by atoms with Crippen LogP contribution >= 0.6 is 46.0 Å². The number of halogens is 1. The smallest absolute Gasteiger partial charge is 0.154 e. The molecule has 1 aliphatic rings. The molecule has 3 nitrogen and oxygen atoms in total. The Morgan fingerprint density at radius 2 is 1.84 bits per heavy atom. The molecule has 37 heavy (non-hydrogen) atoms. The van der Waals surface area contributed by atoms with E-state index < -0.39 is 0 Å². The van der Waals surface area contributed by atoms with Crippen molar-refractivity contribution in [1.29, 1.82) is 0 Å². The van der Waals surface area contributed by atoms with Crippen molar-refractivity contribution in [1.82, 2.24) is 9.88 Å². The molecule has 2 aromatic heterocycles. The lowest BCUT2D eigenvalue weighted by molar-refractivity contribution is 0.238. The van der Waals surface area contributed by atoms with Gasteiger partial charge < -0.3 is 4.74 Å². The number of likely N-dealkylation sites (tertiary alicyclic amines) is 1. The van der Waals surface area contributed by atoms with Gasteiger partial charge in [-0.15, -0.1) is 22.7 Å². The van der Waals surface area contributed by atoms with Crippen molar-refractivity contribution in [2.45, 2.75) is 28.5 Å². The summed E-state index contributed by atoms with van der Waals surface area (Å²) in [6.07, 6.45) is 5.28. The fourth-order valence-electron chi connectivity index (χ4n) is 4.80. The van der Waals surface area contributed by atoms with Crippen molar-refractivity contribution in [2.24, 2.45) is 0 Å². The zero-order chi connectivity index (χ0) is 25.0. The lowest BCUT2D eigenvalue weighted by atomic mass is 9.99. The standard InChI is InChI=1S/C30H27ClN2OS3/c31-26-20-21(7-12-28(26)37-30-32-13-18-35-30)19-25-24-5-1-2-6-27(24)36-29(25)22-8-10-23(11-9-22)34-17-16-33-14-3-4-15-33/h1-2,5-13,18,20H,3-4,14-17,19H2. The molecule has 0 atom stereocenters. The van der Waals surface area contributed by atoms with Gasteiger partial charge in [0.1, 0.15) is 12.4 Å². The highest BCUT2D eigenvalue weighted by Crippen LogP contribution is 2.41. The zero-order valence-electron chi connectivity index (χ0n) is 20.4. The number of benzene rings is 3. The van der Waals surface area contributed by atoms with E-state index in [0.717, 1.165) is 39.6 Å². The maximum atomic E-state index is 6.70. The first-order chi connectivity index (χ1) is 18.2. The minimum absolute atomic E-state index is 0.741. The van der Waals surface area contributed by atoms with E-state index in [2.05, 4.69) is 76.6 Å². The molecule has 188 valence electrons. The minimum atomic E-state index is 0.741. The van der Waals surface area contributed by atoms with Crippen LogP contribution in [0.5, 0.6) is 5.75 Å². The molecule has 1 fully saturated rings. The summed E-state index contributed by atoms with van der Waals surface area (Å²) in [5.74, 6) is 0.936. The molecule has 0 radical (unpaired) electrons. The second-order valence-corrected chi connectivity index (χ2v) is 12.8. The zero-order valence-corrected chi connectivity index (χ0v) is 23.6. The van der Waals surface area contributed by atoms with E-state index in [4.69, 9.17) is 16.3 Å². The van der Waals surface area contributed by atoms with E-state index in [1.165, 1.54) is 57.6 Å². The number of thiophene rings is 1. The molecule has 0 saturated carbocycles. The Morgan fingerprint density at radius 1 is 1.00 bits per heavy atom. The van der Waals surface area contributed by atoms with Crippen molar-refractivity contribution in [3.05, 3.63) is 94.5 Å². The minimum Gasteiger partial charge on any atom is -0.492 e. The van der Waals surface area contributed by atoms with Gasteiger partial charge in [0.25, 0.3) is 0 Å². The third-order valence-electron chi connectivity index (χ3n) is 6.67. The number of rotatable bonds is 9. The topological polar surface area (TPSA) is 25.4 Å². The average molecular weight is 563 g/mol. The van der Waals surface area contributed by atoms with Gasteiger partial charge in [-0.2, -0.15) is 0 Å². The first-order valence-corrected chi connectivity index (χ1v) is 15.4. The average Bonchev–Trinajstić information content (AvgIpc) is 3.69. The number of thiazole rings is 1. The molecule has 3 heterocycles. The highest BCUT2D eigenvalue weighted by Gasteiger charge is 2.16. The van der Waals surface area contributed by atoms with Gasteiger partial charge in [-0.25, -0.2) is 4.98 Å². The summed E-state index contributed by atoms with van der Waals surface area (Å²) in [5, 5.41) is 4.07. The number of ether oxygens (including phenoxy) is 1. The highest BCUT2D eigenvalue weighted by molar-refractivity contribution is 8.01. The fraction of sp³-hybridized carbons (Fsp3) is 0.233. The maximum absolute atomic E-state index is 6.70. The van der Waals surface area contributed by atoms with Crippen molar-refractivity contribution in [3.63, 3.8) is 0 Å². The maximum Gasteiger partial charge on any atom is 0.154 e. The van der Waals surface area contributed by atoms with Gasteiger partial charge in [0.15, 0.2) is 4.34 Å². The van der Waals surface area contributed by atoms with Gasteiger partial charge in [0.05, 0.1) is 5.02 Å². The monoisotopic (exact) mass is 562 g/mol. The van der Waals surface area contributed by atoms with Crippen molar-refractivity contribution in [2.75, 3.05) is 26.2 Å². The normalized spacial score (nSPS) is 14.0. The van der Waals surface area contributed by atoms with E-state index in [0.29, 0.717) is 0 Å². The van der Waals surface area contributed by atoms with Gasteiger partial charge in [-0.3, -0.25) is 4.90 Å². The third kappa shape index (κ3) is 5.89. The molecule has 0 spiro atoms. The van der Waals surface area contributed by atoms with Gasteiger partial charge >= 0.3 is 0 Å². The summed E-state index contributed by atoms with van der Waals surface area (Å²) in [4.78, 5) is 9.20. The lowest BCUT2D eigenvalue weighted by Crippen LogP contribution is -2.25. The van der Waals surface area contributed by atoms with E-state index in [9.17, 15) is 0 Å². The Labute approximate surface area is 235 Å². The molecule has 5 aromatic rings. The first-order valence-electron chi connectivity index (χ1n) is 12.5. The van der Waals surface area contributed by atoms with Gasteiger partial charge in [-0.05, 0) is 96.9 Å². The SMILES string of the molecule is Clc1cc(Cc2c(-c3ccc(OCCN4CCCC4)cc3)sc3ccccc23)ccc1Sc1nccs1. The number of fused-ring (bicyclic) bond motifs is 1. The number of aromatic nitrogens is 1. The predicted octanol–water partition coefficient (Wildman–Crippen LogP) is 8.89. The number of hydrogen-bond donors (Lipinski definition) is 0. The summed E-state index contributed by atoms with van der Waals surface area (Å²) in [6.45, 7) is 4.16. The molecule has 3 aromatic carbocycles. The van der Waals surface area contributed by atoms with Crippen LogP contribution in [0.4, 0.5) is 0 Å². The summed E-state index contributed by atoms with van der Waals surface area (Å²) < 4.78 is 8.36. The van der Waals surface area contributed by atoms with Crippen LogP contribution in [0.15, 0.2) is 87.5 Å². The molecule has 6 rings (SSSR count). The van der Waals surface area contributed by atoms with Crippen LogP contribution in [0, 0.1) is 0 Å². The first kappa shape index (κ1) is 25.0. The largest absolute Gasteiger partial charge is 0.492 e. The van der Waals surface area contributed by atoms with Crippen LogP contribution < -0.4 is 4.74 Å². The summed E-state index contributed by atoms with van der Waals surface area (Å²) in [5.41, 5.74) is 3.78. The van der Waals surface area contributed by atoms with Crippen LogP contribution in [0.3, 0.4) is 0 Å². The summed E-state index contributed by atoms with van der Waals surface area (Å²) in [7, 11) is 0. The molecule has 7 heteroatoms. The second-order valence-electron chi connectivity index (χ2n) is 9.17. The summed E-state index contributed by atoms with van der Waals surface area (Å²) >= 11 is 11.8. The Bertz CT molecular complexity index is 1480. The lowest BCUT2D eigenvalue weighted by Gasteiger charge is -2.15. The van der Waals surface area contributed by atoms with Gasteiger partial charge in [0.2, 0.25) is 0 Å². The van der Waals surface area contributed by atoms with Crippen LogP contribution in [-0.2, 0) is 6.42 Å². The van der Waals surface area contributed by atoms with Crippen molar-refractivity contribution in [3.8, 4) is 16.2 Å². The predicted molar refractivity (Wildman–Crippen MR) is 159 cm³/mol. The quantitative estimate of drug-likeness (QED) is 0.179. The second kappa shape index (κ2) is 11.6. The Hall–Kier alpha value is -2.35. The highest BCUT2D eigenvalue weighted by atomic mass is 35.5. The molecule has 0 bridgehead atoms. The van der Waals surface area contributed by atoms with Crippen molar-refractivity contribution < 1.29 is 4.74 Å². The molecule has 0 unspecified atom stereocenters. The van der Waals surface area contributed by atoms with E-state index in [1.54, 1.807) is 23.1 Å². The van der Waals surface area contributed by atoms with Gasteiger partial charge in [0, 0.05) is 32.6 Å². The Kier molecular flexibility index (Phi) is 7.81. The molecule has 0 N–H and O–H groups in total. The fourth-order valence-corrected chi connectivity index (χ4v) is 7.93. The van der Waals surface area contributed by atoms with Crippen LogP contribution in [0.25, 0.3) is 20.5 Å². The van der Waals surface area contributed by atoms with E-state index in [-0.39, 0.29) is 0 Å². The van der Waals surface area contributed by atoms with Crippen molar-refractivity contribution >= 4 is 56.1 Å². The van der Waals surface area contributed by atoms with Crippen LogP contribution in [-0.4, -0.2) is 36.1 Å². The Balaban J connectivity index is 1.22. The van der Waals surface area contributed by atoms with E-state index in [1.807, 2.05) is 22.9 Å². The molecular formula is C30H27ClN2OS3. The van der Waals surface area contributed by atoms with Crippen LogP contribution in [0.1, 0.15) is 24.0 Å². The molecule has 0 amide bonds. The summed E-state index contributed by atoms with van der Waals surface area (Å²) in [6, 6.07) is 23.7. The molecule has 1 saturated heterocycles. The van der Waals surface area contributed by atoms with Crippen LogP contribution in [0.2, 0.25) is 5.02 Å². The number of hydrogen-bond acceptors (Lipinski definition) is 6. The van der Waals surface area contributed by atoms with E-state index >= 15 is 0 Å². The third-order valence-corrected chi connectivity index (χ3v) is 10.3. The number of nitrogens with zero attached hydrogens (tertiary/aromatic N) is 2. The molecule has 1 aliphatic heterocycles. The molecule has 0 aliphatic carbocycles. The molecular weight excluding hydrogens is 536 g/mol. The van der Waals surface area contributed by atoms with Gasteiger partial charge in [-0.1, -0.05) is 47.6 Å². The Morgan fingerprint density at radius 3 is 2.62 bits per heavy atom.